The molecule has 1 fully saturated rings. The van der Waals surface area contributed by atoms with E-state index in [1.165, 1.54) is 6.42 Å². The molecule has 0 saturated carbocycles. The van der Waals surface area contributed by atoms with E-state index in [-0.39, 0.29) is 17.2 Å². The highest BCUT2D eigenvalue weighted by atomic mass is 32.2. The summed E-state index contributed by atoms with van der Waals surface area (Å²) >= 11 is 1.70. The lowest BCUT2D eigenvalue weighted by Crippen LogP contribution is -2.38. The SMILES string of the molecule is C[C@@H](C#N)NC(=O)C1CCCCS1. The monoisotopic (exact) mass is 198 g/mol. The van der Waals surface area contributed by atoms with Gasteiger partial charge >= 0.3 is 0 Å². The molecule has 1 heterocycles. The molecule has 13 heavy (non-hydrogen) atoms. The maximum absolute atomic E-state index is 11.5. The van der Waals surface area contributed by atoms with Crippen LogP contribution < -0.4 is 5.32 Å². The van der Waals surface area contributed by atoms with Crippen molar-refractivity contribution in [2.45, 2.75) is 37.5 Å². The van der Waals surface area contributed by atoms with Gasteiger partial charge in [-0.15, -0.1) is 11.8 Å². The van der Waals surface area contributed by atoms with Gasteiger partial charge in [0.2, 0.25) is 5.91 Å². The average molecular weight is 198 g/mol. The Balaban J connectivity index is 2.34. The third kappa shape index (κ3) is 3.27. The van der Waals surface area contributed by atoms with Gasteiger partial charge in [-0.3, -0.25) is 4.79 Å². The van der Waals surface area contributed by atoms with Gasteiger partial charge in [0.25, 0.3) is 0 Å². The highest BCUT2D eigenvalue weighted by Gasteiger charge is 2.22. The van der Waals surface area contributed by atoms with Crippen LogP contribution in [0.25, 0.3) is 0 Å². The normalized spacial score (nSPS) is 24.5. The zero-order valence-electron chi connectivity index (χ0n) is 7.75. The molecule has 3 nitrogen and oxygen atoms in total. The molecule has 1 amide bonds. The highest BCUT2D eigenvalue weighted by Crippen LogP contribution is 2.24. The van der Waals surface area contributed by atoms with E-state index >= 15 is 0 Å². The van der Waals surface area contributed by atoms with Crippen LogP contribution in [0.4, 0.5) is 0 Å². The number of nitrogens with one attached hydrogen (secondary N) is 1. The van der Waals surface area contributed by atoms with Crippen molar-refractivity contribution in [2.75, 3.05) is 5.75 Å². The fourth-order valence-electron chi connectivity index (χ4n) is 1.29. The Morgan fingerprint density at radius 2 is 2.46 bits per heavy atom. The van der Waals surface area contributed by atoms with Crippen LogP contribution in [-0.4, -0.2) is 23.0 Å². The maximum Gasteiger partial charge on any atom is 0.234 e. The molecule has 0 aromatic rings. The summed E-state index contributed by atoms with van der Waals surface area (Å²) in [5.74, 6) is 1.10. The maximum atomic E-state index is 11.5. The Bertz CT molecular complexity index is 218. The van der Waals surface area contributed by atoms with E-state index in [1.807, 2.05) is 6.07 Å². The van der Waals surface area contributed by atoms with Gasteiger partial charge in [-0.2, -0.15) is 5.26 Å². The van der Waals surface area contributed by atoms with Crippen molar-refractivity contribution in [2.24, 2.45) is 0 Å². The van der Waals surface area contributed by atoms with E-state index in [0.717, 1.165) is 18.6 Å². The van der Waals surface area contributed by atoms with Gasteiger partial charge in [0.15, 0.2) is 0 Å². The number of carbonyl (C=O) groups excluding carboxylic acids is 1. The second kappa shape index (κ2) is 5.13. The number of nitriles is 1. The molecule has 0 aromatic carbocycles. The first-order valence-corrected chi connectivity index (χ1v) is 5.60. The molecular weight excluding hydrogens is 184 g/mol. The summed E-state index contributed by atoms with van der Waals surface area (Å²) in [5, 5.41) is 11.3. The van der Waals surface area contributed by atoms with Gasteiger partial charge in [0.05, 0.1) is 11.3 Å². The lowest BCUT2D eigenvalue weighted by atomic mass is 10.2. The standard InChI is InChI=1S/C9H14N2OS/c1-7(6-10)11-9(12)8-4-2-3-5-13-8/h7-8H,2-5H2,1H3,(H,11,12)/t7-,8?/m0/s1. The fourth-order valence-corrected chi connectivity index (χ4v) is 2.49. The van der Waals surface area contributed by atoms with E-state index in [0.29, 0.717) is 0 Å². The Hall–Kier alpha value is -0.690. The summed E-state index contributed by atoms with van der Waals surface area (Å²) in [6, 6.07) is 1.63. The Morgan fingerprint density at radius 1 is 1.69 bits per heavy atom. The first-order chi connectivity index (χ1) is 6.24. The van der Waals surface area contributed by atoms with Gasteiger partial charge in [-0.1, -0.05) is 6.42 Å². The van der Waals surface area contributed by atoms with Crippen LogP contribution in [-0.2, 0) is 4.79 Å². The van der Waals surface area contributed by atoms with Gasteiger partial charge in [0.1, 0.15) is 6.04 Å². The number of thioether (sulfide) groups is 1. The molecule has 1 unspecified atom stereocenters. The van der Waals surface area contributed by atoms with Crippen LogP contribution in [0, 0.1) is 11.3 Å². The zero-order valence-corrected chi connectivity index (χ0v) is 8.56. The largest absolute Gasteiger partial charge is 0.340 e. The van der Waals surface area contributed by atoms with E-state index in [2.05, 4.69) is 5.32 Å². The second-order valence-corrected chi connectivity index (χ2v) is 4.53. The quantitative estimate of drug-likeness (QED) is 0.727. The van der Waals surface area contributed by atoms with Crippen molar-refractivity contribution in [3.05, 3.63) is 0 Å². The third-order valence-electron chi connectivity index (χ3n) is 2.02. The molecule has 1 aliphatic rings. The van der Waals surface area contributed by atoms with Crippen LogP contribution in [0.15, 0.2) is 0 Å². The summed E-state index contributed by atoms with van der Waals surface area (Å²) in [4.78, 5) is 11.5. The van der Waals surface area contributed by atoms with Crippen LogP contribution in [0.2, 0.25) is 0 Å². The number of rotatable bonds is 2. The predicted octanol–water partition coefficient (Wildman–Crippen LogP) is 1.30. The van der Waals surface area contributed by atoms with E-state index < -0.39 is 0 Å². The summed E-state index contributed by atoms with van der Waals surface area (Å²) in [7, 11) is 0. The molecule has 0 radical (unpaired) electrons. The second-order valence-electron chi connectivity index (χ2n) is 3.21. The van der Waals surface area contributed by atoms with E-state index in [4.69, 9.17) is 5.26 Å². The first-order valence-electron chi connectivity index (χ1n) is 4.55. The molecular formula is C9H14N2OS. The van der Waals surface area contributed by atoms with Gasteiger partial charge in [0, 0.05) is 0 Å². The molecule has 4 heteroatoms. The van der Waals surface area contributed by atoms with Crippen LogP contribution in [0.3, 0.4) is 0 Å². The van der Waals surface area contributed by atoms with Crippen molar-refractivity contribution in [3.8, 4) is 6.07 Å². The zero-order chi connectivity index (χ0) is 9.68. The minimum Gasteiger partial charge on any atom is -0.340 e. The number of carbonyl (C=O) groups is 1. The Labute approximate surface area is 82.9 Å². The lowest BCUT2D eigenvalue weighted by molar-refractivity contribution is -0.121. The van der Waals surface area contributed by atoms with Crippen LogP contribution >= 0.6 is 11.8 Å². The van der Waals surface area contributed by atoms with Crippen molar-refractivity contribution in [1.29, 1.82) is 5.26 Å². The van der Waals surface area contributed by atoms with E-state index in [1.54, 1.807) is 18.7 Å². The molecule has 1 N–H and O–H groups in total. The Kier molecular flexibility index (Phi) is 4.10. The third-order valence-corrected chi connectivity index (χ3v) is 3.40. The molecule has 1 rings (SSSR count). The first kappa shape index (κ1) is 10.4. The molecule has 0 spiro atoms. The summed E-state index contributed by atoms with van der Waals surface area (Å²) in [6.07, 6.45) is 3.29. The smallest absolute Gasteiger partial charge is 0.234 e. The summed E-state index contributed by atoms with van der Waals surface area (Å²) < 4.78 is 0. The van der Waals surface area contributed by atoms with Gasteiger partial charge < -0.3 is 5.32 Å². The molecule has 0 aliphatic carbocycles. The molecule has 2 atom stereocenters. The van der Waals surface area contributed by atoms with E-state index in [9.17, 15) is 4.79 Å². The van der Waals surface area contributed by atoms with Crippen LogP contribution in [0.1, 0.15) is 26.2 Å². The van der Waals surface area contributed by atoms with Crippen molar-refractivity contribution in [1.82, 2.24) is 5.32 Å². The number of hydrogen-bond donors (Lipinski definition) is 1. The summed E-state index contributed by atoms with van der Waals surface area (Å²) in [5.41, 5.74) is 0. The lowest BCUT2D eigenvalue weighted by Gasteiger charge is -2.20. The van der Waals surface area contributed by atoms with Crippen molar-refractivity contribution >= 4 is 17.7 Å². The van der Waals surface area contributed by atoms with Crippen molar-refractivity contribution < 1.29 is 4.79 Å². The highest BCUT2D eigenvalue weighted by molar-refractivity contribution is 8.00. The fraction of sp³-hybridized carbons (Fsp3) is 0.778. The molecule has 72 valence electrons. The molecule has 0 bridgehead atoms. The molecule has 1 aliphatic heterocycles. The number of nitrogens with zero attached hydrogens (tertiary/aromatic N) is 1. The minimum absolute atomic E-state index is 0.0266. The average Bonchev–Trinajstić information content (AvgIpc) is 2.19. The molecule has 0 aromatic heterocycles. The summed E-state index contributed by atoms with van der Waals surface area (Å²) in [6.45, 7) is 1.70. The topological polar surface area (TPSA) is 52.9 Å². The van der Waals surface area contributed by atoms with Crippen molar-refractivity contribution in [3.63, 3.8) is 0 Å². The molecule has 1 saturated heterocycles. The predicted molar refractivity (Wildman–Crippen MR) is 53.3 cm³/mol. The van der Waals surface area contributed by atoms with Gasteiger partial charge in [-0.25, -0.2) is 0 Å². The Morgan fingerprint density at radius 3 is 3.00 bits per heavy atom. The van der Waals surface area contributed by atoms with Crippen LogP contribution in [0.5, 0.6) is 0 Å². The van der Waals surface area contributed by atoms with Gasteiger partial charge in [-0.05, 0) is 25.5 Å². The minimum atomic E-state index is -0.366. The number of hydrogen-bond acceptors (Lipinski definition) is 3. The number of amides is 1.